The molecule has 0 bridgehead atoms. The molecule has 0 amide bonds. The summed E-state index contributed by atoms with van der Waals surface area (Å²) in [6, 6.07) is 0. The van der Waals surface area contributed by atoms with Gasteiger partial charge in [0, 0.05) is 13.0 Å². The first-order valence-corrected chi connectivity index (χ1v) is 7.87. The largest absolute Gasteiger partial charge is 0.396 e. The Morgan fingerprint density at radius 1 is 0.667 bits per heavy atom. The molecule has 0 aromatic carbocycles. The zero-order valence-electron chi connectivity index (χ0n) is 12.3. The van der Waals surface area contributed by atoms with Gasteiger partial charge in [-0.2, -0.15) is 0 Å². The van der Waals surface area contributed by atoms with Gasteiger partial charge in [-0.15, -0.1) is 0 Å². The van der Waals surface area contributed by atoms with Crippen LogP contribution in [0.3, 0.4) is 0 Å². The molecule has 2 nitrogen and oxygen atoms in total. The highest BCUT2D eigenvalue weighted by atomic mass is 16.2. The molecule has 0 aliphatic carbocycles. The highest BCUT2D eigenvalue weighted by Crippen LogP contribution is 2.12. The van der Waals surface area contributed by atoms with E-state index in [1.54, 1.807) is 6.92 Å². The maximum Gasteiger partial charge on any atom is 0.129 e. The normalized spacial score (nSPS) is 10.8. The SMILES string of the molecule is CC(=O)CCCCCCCCCCCCCCO. The molecule has 0 radical (unpaired) electrons. The highest BCUT2D eigenvalue weighted by molar-refractivity contribution is 5.75. The molecule has 0 spiro atoms. The third kappa shape index (κ3) is 15.6. The average Bonchev–Trinajstić information content (AvgIpc) is 2.34. The first-order valence-electron chi connectivity index (χ1n) is 7.87. The third-order valence-corrected chi connectivity index (χ3v) is 3.44. The van der Waals surface area contributed by atoms with Gasteiger partial charge in [-0.25, -0.2) is 0 Å². The van der Waals surface area contributed by atoms with Crippen molar-refractivity contribution in [2.45, 2.75) is 90.4 Å². The van der Waals surface area contributed by atoms with E-state index in [1.807, 2.05) is 0 Å². The second-order valence-electron chi connectivity index (χ2n) is 5.42. The maximum absolute atomic E-state index is 10.7. The van der Waals surface area contributed by atoms with E-state index in [2.05, 4.69) is 0 Å². The minimum Gasteiger partial charge on any atom is -0.396 e. The van der Waals surface area contributed by atoms with Gasteiger partial charge in [-0.05, 0) is 19.8 Å². The number of hydrogen-bond donors (Lipinski definition) is 1. The summed E-state index contributed by atoms with van der Waals surface area (Å²) in [5, 5.41) is 8.64. The summed E-state index contributed by atoms with van der Waals surface area (Å²) in [5.41, 5.74) is 0. The molecule has 18 heavy (non-hydrogen) atoms. The number of aliphatic hydroxyl groups is 1. The number of hydrogen-bond acceptors (Lipinski definition) is 2. The lowest BCUT2D eigenvalue weighted by molar-refractivity contribution is -0.117. The molecule has 0 atom stereocenters. The molecule has 0 fully saturated rings. The minimum atomic E-state index is 0.330. The standard InChI is InChI=1S/C16H32O2/c1-16(18)14-12-10-8-6-4-2-3-5-7-9-11-13-15-17/h17H,2-15H2,1H3. The number of ketones is 1. The van der Waals surface area contributed by atoms with E-state index in [1.165, 1.54) is 64.2 Å². The smallest absolute Gasteiger partial charge is 0.129 e. The van der Waals surface area contributed by atoms with Crippen LogP contribution < -0.4 is 0 Å². The first-order chi connectivity index (χ1) is 8.77. The molecule has 0 rings (SSSR count). The molecule has 0 aliphatic heterocycles. The van der Waals surface area contributed by atoms with E-state index in [0.717, 1.165) is 19.3 Å². The van der Waals surface area contributed by atoms with Crippen LogP contribution in [0.4, 0.5) is 0 Å². The van der Waals surface area contributed by atoms with Gasteiger partial charge in [0.1, 0.15) is 5.78 Å². The van der Waals surface area contributed by atoms with Crippen LogP contribution in [0.5, 0.6) is 0 Å². The molecular weight excluding hydrogens is 224 g/mol. The molecule has 108 valence electrons. The molecule has 0 aromatic heterocycles. The van der Waals surface area contributed by atoms with E-state index in [-0.39, 0.29) is 0 Å². The van der Waals surface area contributed by atoms with E-state index in [0.29, 0.717) is 12.4 Å². The Morgan fingerprint density at radius 2 is 1.00 bits per heavy atom. The molecule has 0 aromatic rings. The second kappa shape index (κ2) is 14.7. The number of carbonyl (C=O) groups excluding carboxylic acids is 1. The zero-order chi connectivity index (χ0) is 13.5. The summed E-state index contributed by atoms with van der Waals surface area (Å²) >= 11 is 0. The summed E-state index contributed by atoms with van der Waals surface area (Å²) < 4.78 is 0. The van der Waals surface area contributed by atoms with Crippen LogP contribution in [0.1, 0.15) is 90.4 Å². The number of carbonyl (C=O) groups is 1. The van der Waals surface area contributed by atoms with Crippen molar-refractivity contribution in [2.24, 2.45) is 0 Å². The Kier molecular flexibility index (Phi) is 14.4. The van der Waals surface area contributed by atoms with Crippen molar-refractivity contribution in [1.82, 2.24) is 0 Å². The fourth-order valence-corrected chi connectivity index (χ4v) is 2.25. The van der Waals surface area contributed by atoms with Gasteiger partial charge < -0.3 is 9.90 Å². The average molecular weight is 256 g/mol. The van der Waals surface area contributed by atoms with Crippen LogP contribution in [0.25, 0.3) is 0 Å². The maximum atomic E-state index is 10.7. The number of unbranched alkanes of at least 4 members (excludes halogenated alkanes) is 11. The van der Waals surface area contributed by atoms with Crippen molar-refractivity contribution in [2.75, 3.05) is 6.61 Å². The predicted molar refractivity (Wildman–Crippen MR) is 77.8 cm³/mol. The van der Waals surface area contributed by atoms with Crippen LogP contribution in [-0.4, -0.2) is 17.5 Å². The van der Waals surface area contributed by atoms with Gasteiger partial charge in [0.2, 0.25) is 0 Å². The van der Waals surface area contributed by atoms with E-state index >= 15 is 0 Å². The molecule has 0 unspecified atom stereocenters. The fraction of sp³-hybridized carbons (Fsp3) is 0.938. The van der Waals surface area contributed by atoms with E-state index in [9.17, 15) is 4.79 Å². The predicted octanol–water partition coefficient (Wildman–Crippen LogP) is 4.64. The lowest BCUT2D eigenvalue weighted by Crippen LogP contribution is -1.89. The van der Waals surface area contributed by atoms with Crippen LogP contribution in [-0.2, 0) is 4.79 Å². The lowest BCUT2D eigenvalue weighted by Gasteiger charge is -2.02. The van der Waals surface area contributed by atoms with Gasteiger partial charge in [-0.3, -0.25) is 0 Å². The third-order valence-electron chi connectivity index (χ3n) is 3.44. The molecular formula is C16H32O2. The van der Waals surface area contributed by atoms with Gasteiger partial charge in [-0.1, -0.05) is 64.2 Å². The van der Waals surface area contributed by atoms with Gasteiger partial charge >= 0.3 is 0 Å². The molecule has 1 N–H and O–H groups in total. The first kappa shape index (κ1) is 17.6. The Morgan fingerprint density at radius 3 is 1.33 bits per heavy atom. The topological polar surface area (TPSA) is 37.3 Å². The fourth-order valence-electron chi connectivity index (χ4n) is 2.25. The minimum absolute atomic E-state index is 0.330. The van der Waals surface area contributed by atoms with Gasteiger partial charge in [0.25, 0.3) is 0 Å². The molecule has 0 saturated carbocycles. The zero-order valence-corrected chi connectivity index (χ0v) is 12.3. The van der Waals surface area contributed by atoms with Crippen LogP contribution in [0.15, 0.2) is 0 Å². The molecule has 0 aliphatic rings. The van der Waals surface area contributed by atoms with Crippen molar-refractivity contribution in [3.8, 4) is 0 Å². The summed E-state index contributed by atoms with van der Waals surface area (Å²) in [6.07, 6.45) is 15.9. The van der Waals surface area contributed by atoms with Crippen molar-refractivity contribution >= 4 is 5.78 Å². The van der Waals surface area contributed by atoms with E-state index in [4.69, 9.17) is 5.11 Å². The second-order valence-corrected chi connectivity index (χ2v) is 5.42. The van der Waals surface area contributed by atoms with Crippen molar-refractivity contribution in [3.05, 3.63) is 0 Å². The van der Waals surface area contributed by atoms with Crippen LogP contribution >= 0.6 is 0 Å². The monoisotopic (exact) mass is 256 g/mol. The molecule has 0 heterocycles. The Bertz CT molecular complexity index is 178. The summed E-state index contributed by atoms with van der Waals surface area (Å²) in [7, 11) is 0. The number of rotatable bonds is 14. The van der Waals surface area contributed by atoms with Crippen molar-refractivity contribution < 1.29 is 9.90 Å². The van der Waals surface area contributed by atoms with Crippen molar-refractivity contribution in [1.29, 1.82) is 0 Å². The molecule has 0 saturated heterocycles. The van der Waals surface area contributed by atoms with Gasteiger partial charge in [0.15, 0.2) is 0 Å². The Labute approximate surface area is 113 Å². The summed E-state index contributed by atoms with van der Waals surface area (Å²) in [5.74, 6) is 0.330. The quantitative estimate of drug-likeness (QED) is 0.460. The van der Waals surface area contributed by atoms with Crippen molar-refractivity contribution in [3.63, 3.8) is 0 Å². The van der Waals surface area contributed by atoms with Crippen LogP contribution in [0, 0.1) is 0 Å². The Hall–Kier alpha value is -0.370. The highest BCUT2D eigenvalue weighted by Gasteiger charge is 1.95. The van der Waals surface area contributed by atoms with Crippen LogP contribution in [0.2, 0.25) is 0 Å². The number of Topliss-reactive ketones (excluding diaryl/α,β-unsaturated/α-hetero) is 1. The lowest BCUT2D eigenvalue weighted by atomic mass is 10.0. The number of aliphatic hydroxyl groups excluding tert-OH is 1. The van der Waals surface area contributed by atoms with E-state index < -0.39 is 0 Å². The summed E-state index contributed by atoms with van der Waals surface area (Å²) in [6.45, 7) is 2.03. The molecule has 2 heteroatoms. The van der Waals surface area contributed by atoms with Gasteiger partial charge in [0.05, 0.1) is 0 Å². The summed E-state index contributed by atoms with van der Waals surface area (Å²) in [4.78, 5) is 10.7. The Balaban J connectivity index is 2.92.